The first-order chi connectivity index (χ1) is 12.5. The van der Waals surface area contributed by atoms with Gasteiger partial charge in [-0.05, 0) is 36.4 Å². The lowest BCUT2D eigenvalue weighted by atomic mass is 10.2. The molecule has 1 N–H and O–H groups in total. The van der Waals surface area contributed by atoms with Crippen LogP contribution in [0.4, 0.5) is 11.6 Å². The van der Waals surface area contributed by atoms with Crippen LogP contribution in [-0.4, -0.2) is 34.2 Å². The Morgan fingerprint density at radius 3 is 2.46 bits per heavy atom. The third kappa shape index (κ3) is 3.14. The molecular formula is C18H15N5O2S. The number of para-hydroxylation sites is 1. The molecule has 2 heterocycles. The second kappa shape index (κ2) is 6.23. The minimum atomic E-state index is -3.23. The first-order valence-corrected chi connectivity index (χ1v) is 9.72. The van der Waals surface area contributed by atoms with Gasteiger partial charge in [-0.3, -0.25) is 4.57 Å². The van der Waals surface area contributed by atoms with Crippen molar-refractivity contribution in [2.75, 3.05) is 11.6 Å². The van der Waals surface area contributed by atoms with E-state index in [1.807, 2.05) is 35.0 Å². The van der Waals surface area contributed by atoms with Gasteiger partial charge in [-0.15, -0.1) is 0 Å². The topological polar surface area (TPSA) is 89.8 Å². The second-order valence-corrected chi connectivity index (χ2v) is 7.80. The summed E-state index contributed by atoms with van der Waals surface area (Å²) in [5.74, 6) is 1.13. The van der Waals surface area contributed by atoms with Gasteiger partial charge in [0.15, 0.2) is 15.7 Å². The van der Waals surface area contributed by atoms with Gasteiger partial charge in [0.05, 0.1) is 10.4 Å². The van der Waals surface area contributed by atoms with Crippen LogP contribution in [0.1, 0.15) is 0 Å². The van der Waals surface area contributed by atoms with Crippen LogP contribution in [0.15, 0.2) is 72.1 Å². The van der Waals surface area contributed by atoms with Crippen molar-refractivity contribution in [3.05, 3.63) is 67.3 Å². The molecule has 0 fully saturated rings. The SMILES string of the molecule is CS(=O)(=O)c1ccc(Nc2nc(-n3ccnc3)c3ccccc3n2)cc1. The van der Waals surface area contributed by atoms with E-state index in [1.165, 1.54) is 6.26 Å². The van der Waals surface area contributed by atoms with E-state index >= 15 is 0 Å². The van der Waals surface area contributed by atoms with E-state index < -0.39 is 9.84 Å². The molecule has 26 heavy (non-hydrogen) atoms. The van der Waals surface area contributed by atoms with Gasteiger partial charge in [0, 0.05) is 29.7 Å². The molecule has 4 rings (SSSR count). The first-order valence-electron chi connectivity index (χ1n) is 7.83. The van der Waals surface area contributed by atoms with E-state index in [-0.39, 0.29) is 4.90 Å². The normalized spacial score (nSPS) is 11.6. The predicted molar refractivity (Wildman–Crippen MR) is 99.5 cm³/mol. The molecular weight excluding hydrogens is 350 g/mol. The number of aromatic nitrogens is 4. The molecule has 2 aromatic heterocycles. The van der Waals surface area contributed by atoms with Gasteiger partial charge < -0.3 is 5.32 Å². The molecule has 0 aliphatic carbocycles. The summed E-state index contributed by atoms with van der Waals surface area (Å²) in [6, 6.07) is 14.2. The highest BCUT2D eigenvalue weighted by Crippen LogP contribution is 2.23. The van der Waals surface area contributed by atoms with Crippen LogP contribution in [0.25, 0.3) is 16.7 Å². The Balaban J connectivity index is 1.75. The number of rotatable bonds is 4. The van der Waals surface area contributed by atoms with Crippen molar-refractivity contribution in [3.63, 3.8) is 0 Å². The highest BCUT2D eigenvalue weighted by molar-refractivity contribution is 7.90. The third-order valence-electron chi connectivity index (χ3n) is 3.87. The van der Waals surface area contributed by atoms with E-state index in [2.05, 4.69) is 20.3 Å². The average Bonchev–Trinajstić information content (AvgIpc) is 3.15. The molecule has 0 bridgehead atoms. The molecule has 0 aliphatic rings. The van der Waals surface area contributed by atoms with Crippen LogP contribution < -0.4 is 5.32 Å². The maximum Gasteiger partial charge on any atom is 0.229 e. The molecule has 4 aromatic rings. The molecule has 0 saturated heterocycles. The lowest BCUT2D eigenvalue weighted by molar-refractivity contribution is 0.602. The predicted octanol–water partition coefficient (Wildman–Crippen LogP) is 2.96. The molecule has 2 aromatic carbocycles. The lowest BCUT2D eigenvalue weighted by Crippen LogP contribution is -2.04. The van der Waals surface area contributed by atoms with Crippen molar-refractivity contribution in [2.24, 2.45) is 0 Å². The lowest BCUT2D eigenvalue weighted by Gasteiger charge is -2.11. The maximum atomic E-state index is 11.6. The summed E-state index contributed by atoms with van der Waals surface area (Å²) >= 11 is 0. The van der Waals surface area contributed by atoms with Crippen LogP contribution in [0.5, 0.6) is 0 Å². The van der Waals surface area contributed by atoms with Gasteiger partial charge in [-0.2, -0.15) is 4.98 Å². The van der Waals surface area contributed by atoms with Crippen molar-refractivity contribution in [1.82, 2.24) is 19.5 Å². The zero-order valence-electron chi connectivity index (χ0n) is 13.9. The summed E-state index contributed by atoms with van der Waals surface area (Å²) in [5.41, 5.74) is 1.49. The zero-order chi connectivity index (χ0) is 18.1. The van der Waals surface area contributed by atoms with Gasteiger partial charge in [0.25, 0.3) is 0 Å². The minimum absolute atomic E-state index is 0.265. The van der Waals surface area contributed by atoms with Crippen LogP contribution in [0, 0.1) is 0 Å². The van der Waals surface area contributed by atoms with Crippen LogP contribution >= 0.6 is 0 Å². The number of fused-ring (bicyclic) bond motifs is 1. The quantitative estimate of drug-likeness (QED) is 0.598. The molecule has 0 atom stereocenters. The van der Waals surface area contributed by atoms with Gasteiger partial charge >= 0.3 is 0 Å². The number of nitrogens with zero attached hydrogens (tertiary/aromatic N) is 4. The fourth-order valence-corrected chi connectivity index (χ4v) is 3.24. The van der Waals surface area contributed by atoms with Gasteiger partial charge in [0.1, 0.15) is 6.33 Å². The molecule has 8 heteroatoms. The number of imidazole rings is 1. The van der Waals surface area contributed by atoms with E-state index in [9.17, 15) is 8.42 Å². The molecule has 0 spiro atoms. The van der Waals surface area contributed by atoms with Crippen molar-refractivity contribution >= 4 is 32.4 Å². The Kier molecular flexibility index (Phi) is 3.89. The number of hydrogen-bond acceptors (Lipinski definition) is 6. The zero-order valence-corrected chi connectivity index (χ0v) is 14.7. The van der Waals surface area contributed by atoms with Gasteiger partial charge in [-0.25, -0.2) is 18.4 Å². The van der Waals surface area contributed by atoms with Crippen molar-refractivity contribution in [3.8, 4) is 5.82 Å². The summed E-state index contributed by atoms with van der Waals surface area (Å²) in [6.45, 7) is 0. The average molecular weight is 365 g/mol. The standard InChI is InChI=1S/C18H15N5O2S/c1-26(24,25)14-8-6-13(7-9-14)20-18-21-16-5-3-2-4-15(16)17(22-18)23-11-10-19-12-23/h2-12H,1H3,(H,20,21,22). The van der Waals surface area contributed by atoms with Gasteiger partial charge in [-0.1, -0.05) is 12.1 Å². The summed E-state index contributed by atoms with van der Waals surface area (Å²) in [6.07, 6.45) is 6.37. The fourth-order valence-electron chi connectivity index (χ4n) is 2.61. The summed E-state index contributed by atoms with van der Waals surface area (Å²) in [4.78, 5) is 13.5. The van der Waals surface area contributed by atoms with Gasteiger partial charge in [0.2, 0.25) is 5.95 Å². The van der Waals surface area contributed by atoms with Crippen molar-refractivity contribution in [1.29, 1.82) is 0 Å². The summed E-state index contributed by atoms with van der Waals surface area (Å²) in [5, 5.41) is 4.03. The number of benzene rings is 2. The van der Waals surface area contributed by atoms with Crippen molar-refractivity contribution in [2.45, 2.75) is 4.90 Å². The van der Waals surface area contributed by atoms with Crippen molar-refractivity contribution < 1.29 is 8.42 Å². The third-order valence-corrected chi connectivity index (χ3v) is 5.00. The molecule has 0 saturated carbocycles. The number of nitrogens with one attached hydrogen (secondary N) is 1. The van der Waals surface area contributed by atoms with E-state index in [0.717, 1.165) is 10.9 Å². The molecule has 0 amide bonds. The van der Waals surface area contributed by atoms with E-state index in [0.29, 0.717) is 17.5 Å². The Morgan fingerprint density at radius 2 is 1.77 bits per heavy atom. The summed E-state index contributed by atoms with van der Waals surface area (Å²) in [7, 11) is -3.23. The first kappa shape index (κ1) is 16.2. The highest BCUT2D eigenvalue weighted by Gasteiger charge is 2.10. The number of sulfone groups is 1. The molecule has 7 nitrogen and oxygen atoms in total. The van der Waals surface area contributed by atoms with Crippen LogP contribution in [0.3, 0.4) is 0 Å². The second-order valence-electron chi connectivity index (χ2n) is 5.78. The molecule has 0 unspecified atom stereocenters. The fraction of sp³-hybridized carbons (Fsp3) is 0.0556. The largest absolute Gasteiger partial charge is 0.324 e. The minimum Gasteiger partial charge on any atom is -0.324 e. The Labute approximate surface area is 150 Å². The van der Waals surface area contributed by atoms with E-state index in [4.69, 9.17) is 0 Å². The Morgan fingerprint density at radius 1 is 1.00 bits per heavy atom. The van der Waals surface area contributed by atoms with Crippen LogP contribution in [-0.2, 0) is 9.84 Å². The smallest absolute Gasteiger partial charge is 0.229 e. The monoisotopic (exact) mass is 365 g/mol. The number of anilines is 2. The Hall–Kier alpha value is -3.26. The molecule has 0 aliphatic heterocycles. The van der Waals surface area contributed by atoms with E-state index in [1.54, 1.807) is 36.8 Å². The number of hydrogen-bond donors (Lipinski definition) is 1. The Bertz CT molecular complexity index is 1170. The summed E-state index contributed by atoms with van der Waals surface area (Å²) < 4.78 is 25.0. The highest BCUT2D eigenvalue weighted by atomic mass is 32.2. The molecule has 0 radical (unpaired) electrons. The maximum absolute atomic E-state index is 11.6. The van der Waals surface area contributed by atoms with Crippen LogP contribution in [0.2, 0.25) is 0 Å². The molecule has 130 valence electrons.